The lowest BCUT2D eigenvalue weighted by molar-refractivity contribution is 0.462. The maximum atomic E-state index is 13.9. The molecular formula is C14H11F4NS. The molecule has 0 N–H and O–H groups in total. The molecule has 2 rings (SSSR count). The van der Waals surface area contributed by atoms with Crippen LogP contribution >= 0.6 is 9.84 Å². The summed E-state index contributed by atoms with van der Waals surface area (Å²) in [6, 6.07) is 9.23. The van der Waals surface area contributed by atoms with Crippen LogP contribution in [0.3, 0.4) is 0 Å². The Bertz CT molecular complexity index is 693. The van der Waals surface area contributed by atoms with Gasteiger partial charge in [-0.3, -0.25) is 0 Å². The molecule has 1 aromatic heterocycles. The van der Waals surface area contributed by atoms with Gasteiger partial charge >= 0.3 is 0 Å². The summed E-state index contributed by atoms with van der Waals surface area (Å²) in [5.74, 6) is 1.84. The largest absolute Gasteiger partial charge is 0.255 e. The van der Waals surface area contributed by atoms with E-state index in [0.717, 1.165) is 17.5 Å². The van der Waals surface area contributed by atoms with Gasteiger partial charge in [0.25, 0.3) is 9.84 Å². The number of aromatic nitrogens is 1. The van der Waals surface area contributed by atoms with Crippen molar-refractivity contribution in [2.45, 2.75) is 11.9 Å². The van der Waals surface area contributed by atoms with E-state index in [0.29, 0.717) is 11.6 Å². The smallest absolute Gasteiger partial charge is 0.242 e. The zero-order chi connectivity index (χ0) is 14.9. The first kappa shape index (κ1) is 14.4. The highest BCUT2D eigenvalue weighted by molar-refractivity contribution is 8.53. The number of hydrogen-bond donors (Lipinski definition) is 0. The van der Waals surface area contributed by atoms with Gasteiger partial charge in [0, 0.05) is 17.0 Å². The van der Waals surface area contributed by atoms with Crippen LogP contribution in [0.5, 0.6) is 0 Å². The molecule has 0 amide bonds. The van der Waals surface area contributed by atoms with Crippen LogP contribution in [0.2, 0.25) is 0 Å². The van der Waals surface area contributed by atoms with Crippen LogP contribution in [0.1, 0.15) is 11.1 Å². The number of rotatable bonds is 1. The van der Waals surface area contributed by atoms with E-state index in [1.54, 1.807) is 13.0 Å². The van der Waals surface area contributed by atoms with E-state index in [1.807, 2.05) is 5.92 Å². The molecular weight excluding hydrogens is 290 g/mol. The predicted octanol–water partition coefficient (Wildman–Crippen LogP) is 5.17. The average Bonchev–Trinajstić information content (AvgIpc) is 2.37. The monoisotopic (exact) mass is 301 g/mol. The molecule has 0 radical (unpaired) electrons. The van der Waals surface area contributed by atoms with Crippen molar-refractivity contribution in [2.75, 3.05) is 0 Å². The molecule has 0 bridgehead atoms. The zero-order valence-corrected chi connectivity index (χ0v) is 11.3. The second kappa shape index (κ2) is 4.00. The zero-order valence-electron chi connectivity index (χ0n) is 10.5. The minimum atomic E-state index is -8.68. The fraction of sp³-hybridized carbons (Fsp3) is 0.0714. The van der Waals surface area contributed by atoms with Gasteiger partial charge in [0.2, 0.25) is 0 Å². The SMILES string of the molecule is Cc1ccc(S(F)(F)(F)(F)C#Cc2ccccc2)nc1. The van der Waals surface area contributed by atoms with Gasteiger partial charge in [-0.2, -0.15) is 0 Å². The Kier molecular flexibility index (Phi) is 2.88. The van der Waals surface area contributed by atoms with E-state index >= 15 is 0 Å². The standard InChI is InChI=1S/C14H11F4NS/c1-12-7-8-14(19-11-12)20(15,16,17,18)10-9-13-5-3-2-4-6-13/h2-8,11H,1H3. The molecule has 0 aliphatic rings. The second-order valence-electron chi connectivity index (χ2n) is 4.34. The summed E-state index contributed by atoms with van der Waals surface area (Å²) in [4.78, 5) is 3.16. The van der Waals surface area contributed by atoms with Gasteiger partial charge in [-0.15, -0.1) is 15.5 Å². The van der Waals surface area contributed by atoms with E-state index in [2.05, 4.69) is 4.98 Å². The molecule has 0 aliphatic heterocycles. The lowest BCUT2D eigenvalue weighted by atomic mass is 10.2. The molecule has 0 unspecified atom stereocenters. The summed E-state index contributed by atoms with van der Waals surface area (Å²) in [6.45, 7) is 1.57. The molecule has 1 heterocycles. The quantitative estimate of drug-likeness (QED) is 0.523. The van der Waals surface area contributed by atoms with E-state index in [9.17, 15) is 15.5 Å². The highest BCUT2D eigenvalue weighted by atomic mass is 32.5. The molecule has 20 heavy (non-hydrogen) atoms. The number of nitrogens with zero attached hydrogens (tertiary/aromatic N) is 1. The van der Waals surface area contributed by atoms with Gasteiger partial charge in [0.1, 0.15) is 0 Å². The molecule has 0 saturated carbocycles. The summed E-state index contributed by atoms with van der Waals surface area (Å²) < 4.78 is 55.6. The Morgan fingerprint density at radius 2 is 1.60 bits per heavy atom. The van der Waals surface area contributed by atoms with E-state index < -0.39 is 14.9 Å². The molecule has 0 saturated heterocycles. The maximum Gasteiger partial charge on any atom is 0.255 e. The highest BCUT2D eigenvalue weighted by Crippen LogP contribution is 2.99. The van der Waals surface area contributed by atoms with Crippen molar-refractivity contribution in [3.05, 3.63) is 59.8 Å². The Labute approximate surface area is 114 Å². The molecule has 1 nitrogen and oxygen atoms in total. The molecule has 0 aliphatic carbocycles. The number of halogens is 4. The summed E-state index contributed by atoms with van der Waals surface area (Å²) in [7, 11) is -8.68. The van der Waals surface area contributed by atoms with Crippen molar-refractivity contribution in [3.8, 4) is 11.2 Å². The van der Waals surface area contributed by atoms with Crippen molar-refractivity contribution in [2.24, 2.45) is 0 Å². The van der Waals surface area contributed by atoms with Crippen molar-refractivity contribution in [3.63, 3.8) is 0 Å². The molecule has 6 heteroatoms. The van der Waals surface area contributed by atoms with Crippen molar-refractivity contribution >= 4 is 9.84 Å². The molecule has 0 spiro atoms. The molecule has 0 fully saturated rings. The van der Waals surface area contributed by atoms with Crippen LogP contribution < -0.4 is 0 Å². The Morgan fingerprint density at radius 3 is 2.15 bits per heavy atom. The third-order valence-electron chi connectivity index (χ3n) is 2.48. The fourth-order valence-electron chi connectivity index (χ4n) is 1.43. The number of hydrogen-bond acceptors (Lipinski definition) is 1. The first-order valence-corrected chi connectivity index (χ1v) is 7.67. The third kappa shape index (κ3) is 3.11. The first-order chi connectivity index (χ1) is 9.09. The highest BCUT2D eigenvalue weighted by Gasteiger charge is 2.65. The fourth-order valence-corrected chi connectivity index (χ4v) is 2.47. The lowest BCUT2D eigenvalue weighted by Gasteiger charge is -2.43. The van der Waals surface area contributed by atoms with Crippen LogP contribution in [0.15, 0.2) is 53.7 Å². The molecule has 2 aromatic rings. The number of pyridine rings is 1. The summed E-state index contributed by atoms with van der Waals surface area (Å²) in [5.41, 5.74) is 0.605. The van der Waals surface area contributed by atoms with Crippen molar-refractivity contribution in [1.82, 2.24) is 4.98 Å². The Balaban J connectivity index is 2.55. The molecule has 0 atom stereocenters. The lowest BCUT2D eigenvalue weighted by Crippen LogP contribution is -2.12. The third-order valence-corrected chi connectivity index (χ3v) is 4.08. The van der Waals surface area contributed by atoms with Gasteiger partial charge in [-0.05, 0) is 36.6 Å². The minimum Gasteiger partial charge on any atom is -0.242 e. The summed E-state index contributed by atoms with van der Waals surface area (Å²) in [6.07, 6.45) is 0.970. The summed E-state index contributed by atoms with van der Waals surface area (Å²) >= 11 is 0. The summed E-state index contributed by atoms with van der Waals surface area (Å²) in [5, 5.41) is -0.668. The van der Waals surface area contributed by atoms with Gasteiger partial charge < -0.3 is 0 Å². The van der Waals surface area contributed by atoms with E-state index in [1.165, 1.54) is 24.3 Å². The second-order valence-corrected chi connectivity index (χ2v) is 7.10. The van der Waals surface area contributed by atoms with Crippen molar-refractivity contribution in [1.29, 1.82) is 0 Å². The van der Waals surface area contributed by atoms with Crippen LogP contribution in [0.25, 0.3) is 0 Å². The number of aryl methyl sites for hydroxylation is 1. The Hall–Kier alpha value is -2.00. The average molecular weight is 301 g/mol. The van der Waals surface area contributed by atoms with Crippen LogP contribution in [-0.4, -0.2) is 4.98 Å². The Morgan fingerprint density at radius 1 is 0.950 bits per heavy atom. The van der Waals surface area contributed by atoms with Gasteiger partial charge in [0.15, 0.2) is 5.03 Å². The molecule has 106 valence electrons. The van der Waals surface area contributed by atoms with Gasteiger partial charge in [-0.25, -0.2) is 4.98 Å². The normalized spacial score (nSPS) is 14.7. The van der Waals surface area contributed by atoms with Crippen molar-refractivity contribution < 1.29 is 15.5 Å². The first-order valence-electron chi connectivity index (χ1n) is 5.62. The maximum absolute atomic E-state index is 13.9. The van der Waals surface area contributed by atoms with E-state index in [-0.39, 0.29) is 5.56 Å². The van der Waals surface area contributed by atoms with E-state index in [4.69, 9.17) is 0 Å². The van der Waals surface area contributed by atoms with Gasteiger partial charge in [0.05, 0.1) is 0 Å². The van der Waals surface area contributed by atoms with Crippen LogP contribution in [-0.2, 0) is 0 Å². The van der Waals surface area contributed by atoms with Gasteiger partial charge in [-0.1, -0.05) is 24.3 Å². The minimum absolute atomic E-state index is 0.0928. The van der Waals surface area contributed by atoms with Crippen LogP contribution in [0, 0.1) is 18.1 Å². The molecule has 1 aromatic carbocycles. The predicted molar refractivity (Wildman–Crippen MR) is 72.6 cm³/mol. The topological polar surface area (TPSA) is 12.9 Å². The number of benzene rings is 1. The van der Waals surface area contributed by atoms with Crippen LogP contribution in [0.4, 0.5) is 15.5 Å².